The van der Waals surface area contributed by atoms with Gasteiger partial charge in [0, 0.05) is 6.54 Å². The third-order valence-electron chi connectivity index (χ3n) is 2.91. The Kier molecular flexibility index (Phi) is 7.04. The Morgan fingerprint density at radius 3 is 2.58 bits per heavy atom. The van der Waals surface area contributed by atoms with Crippen molar-refractivity contribution < 1.29 is 9.47 Å². The minimum Gasteiger partial charge on any atom is -0.493 e. The van der Waals surface area contributed by atoms with Crippen LogP contribution in [0.4, 0.5) is 0 Å². The largest absolute Gasteiger partial charge is 0.493 e. The number of likely N-dealkylation sites (N-methyl/N-ethyl adjacent to an activating group) is 1. The smallest absolute Gasteiger partial charge is 0.161 e. The fourth-order valence-electron chi connectivity index (χ4n) is 1.85. The van der Waals surface area contributed by atoms with Crippen molar-refractivity contribution in [3.05, 3.63) is 29.3 Å². The molecule has 1 N–H and O–H groups in total. The molecule has 3 nitrogen and oxygen atoms in total. The van der Waals surface area contributed by atoms with E-state index in [0.29, 0.717) is 6.61 Å². The van der Waals surface area contributed by atoms with Gasteiger partial charge in [-0.25, -0.2) is 0 Å². The first-order valence-corrected chi connectivity index (χ1v) is 6.96. The monoisotopic (exact) mass is 263 g/mol. The second-order valence-corrected chi connectivity index (χ2v) is 4.28. The first kappa shape index (κ1) is 15.6. The van der Waals surface area contributed by atoms with Crippen LogP contribution in [0.5, 0.6) is 11.5 Å². The molecule has 106 valence electrons. The van der Waals surface area contributed by atoms with E-state index >= 15 is 0 Å². The number of methoxy groups -OCH3 is 1. The Hall–Kier alpha value is -1.48. The quantitative estimate of drug-likeness (QED) is 0.778. The molecule has 0 saturated carbocycles. The summed E-state index contributed by atoms with van der Waals surface area (Å²) in [6.07, 6.45) is 3.25. The first-order chi connectivity index (χ1) is 9.24. The number of hydrogen-bond donors (Lipinski definition) is 1. The summed E-state index contributed by atoms with van der Waals surface area (Å²) >= 11 is 0. The van der Waals surface area contributed by atoms with Gasteiger partial charge in [0.25, 0.3) is 0 Å². The summed E-state index contributed by atoms with van der Waals surface area (Å²) in [7, 11) is 1.67. The van der Waals surface area contributed by atoms with Crippen molar-refractivity contribution in [1.82, 2.24) is 5.32 Å². The molecule has 0 aliphatic heterocycles. The molecule has 0 atom stereocenters. The molecule has 0 amide bonds. The van der Waals surface area contributed by atoms with Gasteiger partial charge in [0.05, 0.1) is 13.7 Å². The highest BCUT2D eigenvalue weighted by Gasteiger charge is 2.04. The summed E-state index contributed by atoms with van der Waals surface area (Å²) in [4.78, 5) is 0. The van der Waals surface area contributed by atoms with Crippen molar-refractivity contribution >= 4 is 6.08 Å². The Labute approximate surface area is 116 Å². The Morgan fingerprint density at radius 2 is 2.00 bits per heavy atom. The van der Waals surface area contributed by atoms with Crippen LogP contribution in [0, 0.1) is 0 Å². The maximum atomic E-state index is 5.52. The van der Waals surface area contributed by atoms with Crippen LogP contribution in [0.25, 0.3) is 6.08 Å². The Bertz CT molecular complexity index is 413. The van der Waals surface area contributed by atoms with Crippen LogP contribution in [-0.4, -0.2) is 26.8 Å². The lowest BCUT2D eigenvalue weighted by atomic mass is 10.1. The van der Waals surface area contributed by atoms with Crippen LogP contribution < -0.4 is 14.8 Å². The zero-order chi connectivity index (χ0) is 14.1. The normalized spacial score (nSPS) is 11.5. The third-order valence-corrected chi connectivity index (χ3v) is 2.91. The minimum absolute atomic E-state index is 0.645. The zero-order valence-corrected chi connectivity index (χ0v) is 12.5. The summed E-state index contributed by atoms with van der Waals surface area (Å²) in [5.41, 5.74) is 2.53. The highest BCUT2D eigenvalue weighted by molar-refractivity contribution is 5.58. The van der Waals surface area contributed by atoms with E-state index in [2.05, 4.69) is 31.3 Å². The average Bonchev–Trinajstić information content (AvgIpc) is 2.45. The Morgan fingerprint density at radius 1 is 1.21 bits per heavy atom. The van der Waals surface area contributed by atoms with Gasteiger partial charge >= 0.3 is 0 Å². The van der Waals surface area contributed by atoms with Gasteiger partial charge in [0.2, 0.25) is 0 Å². The van der Waals surface area contributed by atoms with Gasteiger partial charge in [-0.05, 0) is 37.6 Å². The highest BCUT2D eigenvalue weighted by atomic mass is 16.5. The van der Waals surface area contributed by atoms with Gasteiger partial charge in [-0.3, -0.25) is 0 Å². The van der Waals surface area contributed by atoms with E-state index in [9.17, 15) is 0 Å². The molecule has 0 heterocycles. The lowest BCUT2D eigenvalue weighted by Gasteiger charge is -2.11. The fourth-order valence-corrected chi connectivity index (χ4v) is 1.85. The predicted octanol–water partition coefficient (Wildman–Crippen LogP) is 3.50. The molecule has 1 aromatic rings. The summed E-state index contributed by atoms with van der Waals surface area (Å²) in [6, 6.07) is 6.05. The molecule has 0 fully saturated rings. The van der Waals surface area contributed by atoms with Gasteiger partial charge in [-0.2, -0.15) is 0 Å². The molecule has 0 radical (unpaired) electrons. The fraction of sp³-hybridized carbons (Fsp3) is 0.500. The van der Waals surface area contributed by atoms with Crippen LogP contribution in [0.15, 0.2) is 23.8 Å². The Balaban J connectivity index is 2.91. The highest BCUT2D eigenvalue weighted by Crippen LogP contribution is 2.29. The van der Waals surface area contributed by atoms with Crippen molar-refractivity contribution in [2.45, 2.75) is 27.2 Å². The van der Waals surface area contributed by atoms with E-state index < -0.39 is 0 Å². The molecule has 1 aromatic carbocycles. The number of nitrogens with one attached hydrogen (secondary N) is 1. The van der Waals surface area contributed by atoms with E-state index in [-0.39, 0.29) is 0 Å². The van der Waals surface area contributed by atoms with E-state index in [1.807, 2.05) is 19.1 Å². The summed E-state index contributed by atoms with van der Waals surface area (Å²) in [5.74, 6) is 1.58. The molecule has 0 aliphatic carbocycles. The molecule has 0 unspecified atom stereocenters. The van der Waals surface area contributed by atoms with Crippen molar-refractivity contribution in [2.24, 2.45) is 0 Å². The molecule has 3 heteroatoms. The van der Waals surface area contributed by atoms with Gasteiger partial charge in [0.15, 0.2) is 11.5 Å². The molecule has 19 heavy (non-hydrogen) atoms. The summed E-state index contributed by atoms with van der Waals surface area (Å²) in [6.45, 7) is 8.83. The average molecular weight is 263 g/mol. The van der Waals surface area contributed by atoms with Crippen molar-refractivity contribution in [3.63, 3.8) is 0 Å². The van der Waals surface area contributed by atoms with Gasteiger partial charge < -0.3 is 14.8 Å². The molecule has 1 rings (SSSR count). The topological polar surface area (TPSA) is 30.5 Å². The number of hydrogen-bond acceptors (Lipinski definition) is 3. The van der Waals surface area contributed by atoms with E-state index in [4.69, 9.17) is 9.47 Å². The lowest BCUT2D eigenvalue weighted by molar-refractivity contribution is 0.311. The van der Waals surface area contributed by atoms with Crippen LogP contribution >= 0.6 is 0 Å². The second kappa shape index (κ2) is 8.59. The molecule has 0 aliphatic rings. The maximum Gasteiger partial charge on any atom is 0.161 e. The van der Waals surface area contributed by atoms with Crippen molar-refractivity contribution in [3.8, 4) is 11.5 Å². The third kappa shape index (κ3) is 4.95. The molecule has 0 spiro atoms. The van der Waals surface area contributed by atoms with Crippen molar-refractivity contribution in [1.29, 1.82) is 0 Å². The number of benzene rings is 1. The molecular formula is C16H25NO2. The number of rotatable bonds is 8. The first-order valence-electron chi connectivity index (χ1n) is 6.96. The molecular weight excluding hydrogens is 238 g/mol. The maximum absolute atomic E-state index is 5.52. The molecule has 0 saturated heterocycles. The van der Waals surface area contributed by atoms with Crippen LogP contribution in [-0.2, 0) is 0 Å². The van der Waals surface area contributed by atoms with Crippen LogP contribution in [0.2, 0.25) is 0 Å². The van der Waals surface area contributed by atoms with Crippen molar-refractivity contribution in [2.75, 3.05) is 26.8 Å². The minimum atomic E-state index is 0.645. The predicted molar refractivity (Wildman–Crippen MR) is 81.0 cm³/mol. The van der Waals surface area contributed by atoms with E-state index in [1.165, 1.54) is 5.57 Å². The molecule has 0 bridgehead atoms. The second-order valence-electron chi connectivity index (χ2n) is 4.28. The van der Waals surface area contributed by atoms with Gasteiger partial charge in [-0.15, -0.1) is 0 Å². The lowest BCUT2D eigenvalue weighted by Crippen LogP contribution is -2.15. The van der Waals surface area contributed by atoms with Crippen LogP contribution in [0.1, 0.15) is 32.8 Å². The number of ether oxygens (including phenoxy) is 2. The van der Waals surface area contributed by atoms with E-state index in [1.54, 1.807) is 7.11 Å². The van der Waals surface area contributed by atoms with Gasteiger partial charge in [-0.1, -0.05) is 31.6 Å². The SMILES string of the molecule is CCNCC(=Cc1ccc(OCC)c(OC)c1)CC. The van der Waals surface area contributed by atoms with Gasteiger partial charge in [0.1, 0.15) is 0 Å². The zero-order valence-electron chi connectivity index (χ0n) is 12.5. The summed E-state index contributed by atoms with van der Waals surface area (Å²) in [5, 5.41) is 3.36. The molecule has 0 aromatic heterocycles. The standard InChI is InChI=1S/C16H25NO2/c1-5-13(12-17-6-2)10-14-8-9-15(19-7-3)16(11-14)18-4/h8-11,17H,5-7,12H2,1-4H3. The van der Waals surface area contributed by atoms with E-state index in [0.717, 1.165) is 36.6 Å². The van der Waals surface area contributed by atoms with Crippen LogP contribution in [0.3, 0.4) is 0 Å². The summed E-state index contributed by atoms with van der Waals surface area (Å²) < 4.78 is 10.9.